The maximum atomic E-state index is 2.26. The second-order valence-electron chi connectivity index (χ2n) is 2.41. The molecule has 1 heteroatoms. The molecule has 0 N–H and O–H groups in total. The summed E-state index contributed by atoms with van der Waals surface area (Å²) in [7, 11) is 0. The smallest absolute Gasteiger partial charge is 0.0654 e. The van der Waals surface area contributed by atoms with E-state index in [0.717, 1.165) is 0 Å². The van der Waals surface area contributed by atoms with Gasteiger partial charge >= 0.3 is 17.4 Å². The second-order valence-corrected chi connectivity index (χ2v) is 2.41. The molecule has 0 saturated heterocycles. The second kappa shape index (κ2) is 11.3. The molecule has 0 spiro atoms. The molecule has 0 saturated carbocycles. The first kappa shape index (κ1) is 12.2. The zero-order chi connectivity index (χ0) is 6.24. The van der Waals surface area contributed by atoms with Gasteiger partial charge in [-0.1, -0.05) is 52.4 Å². The van der Waals surface area contributed by atoms with Gasteiger partial charge < -0.3 is 0 Å². The predicted molar refractivity (Wildman–Crippen MR) is 44.8 cm³/mol. The standard InChI is InChI=1S/C8H18.Al/c1-3-5-7-8-6-4-2;/h3-8H2,1-2H3;/q;+3. The van der Waals surface area contributed by atoms with Crippen LogP contribution >= 0.6 is 0 Å². The first-order chi connectivity index (χ1) is 3.91. The largest absolute Gasteiger partial charge is 3.00 e. The third-order valence-electron chi connectivity index (χ3n) is 1.46. The molecule has 0 radical (unpaired) electrons. The summed E-state index contributed by atoms with van der Waals surface area (Å²) < 4.78 is 0. The van der Waals surface area contributed by atoms with Crippen LogP contribution in [-0.4, -0.2) is 17.4 Å². The van der Waals surface area contributed by atoms with E-state index in [9.17, 15) is 0 Å². The van der Waals surface area contributed by atoms with Crippen LogP contribution < -0.4 is 0 Å². The Balaban J connectivity index is 0. The van der Waals surface area contributed by atoms with Crippen LogP contribution in [-0.2, 0) is 0 Å². The van der Waals surface area contributed by atoms with E-state index in [2.05, 4.69) is 13.8 Å². The molecule has 0 nitrogen and oxygen atoms in total. The molecule has 0 aromatic heterocycles. The van der Waals surface area contributed by atoms with Crippen molar-refractivity contribution in [3.05, 3.63) is 0 Å². The van der Waals surface area contributed by atoms with Gasteiger partial charge in [0, 0.05) is 0 Å². The summed E-state index contributed by atoms with van der Waals surface area (Å²) in [6.07, 6.45) is 8.49. The molecule has 9 heavy (non-hydrogen) atoms. The van der Waals surface area contributed by atoms with Gasteiger partial charge in [-0.2, -0.15) is 0 Å². The summed E-state index contributed by atoms with van der Waals surface area (Å²) in [6.45, 7) is 4.51. The normalized spacial score (nSPS) is 8.67. The topological polar surface area (TPSA) is 0 Å². The van der Waals surface area contributed by atoms with Gasteiger partial charge in [0.25, 0.3) is 0 Å². The van der Waals surface area contributed by atoms with Gasteiger partial charge in [-0.25, -0.2) is 0 Å². The van der Waals surface area contributed by atoms with Crippen LogP contribution in [0.15, 0.2) is 0 Å². The molecule has 0 aliphatic heterocycles. The Morgan fingerprint density at radius 2 is 1.00 bits per heavy atom. The van der Waals surface area contributed by atoms with Crippen molar-refractivity contribution in [2.75, 3.05) is 0 Å². The molecule has 0 unspecified atom stereocenters. The zero-order valence-electron chi connectivity index (χ0n) is 6.82. The summed E-state index contributed by atoms with van der Waals surface area (Å²) in [5.74, 6) is 0. The molecule has 50 valence electrons. The molecule has 0 bridgehead atoms. The average molecular weight is 141 g/mol. The Morgan fingerprint density at radius 3 is 1.22 bits per heavy atom. The fraction of sp³-hybridized carbons (Fsp3) is 1.00. The minimum absolute atomic E-state index is 0. The molecule has 0 amide bonds. The minimum Gasteiger partial charge on any atom is -0.0654 e. The Morgan fingerprint density at radius 1 is 0.667 bits per heavy atom. The van der Waals surface area contributed by atoms with E-state index in [1.54, 1.807) is 0 Å². The summed E-state index contributed by atoms with van der Waals surface area (Å²) in [4.78, 5) is 0. The van der Waals surface area contributed by atoms with E-state index < -0.39 is 0 Å². The molecule has 0 atom stereocenters. The number of rotatable bonds is 5. The molecular formula is C8H18Al+3. The van der Waals surface area contributed by atoms with Crippen LogP contribution in [0.5, 0.6) is 0 Å². The fourth-order valence-electron chi connectivity index (χ4n) is 0.854. The molecule has 0 aromatic carbocycles. The van der Waals surface area contributed by atoms with Crippen molar-refractivity contribution in [1.82, 2.24) is 0 Å². The SMILES string of the molecule is CCCCCCCC.[Al+3]. The molecule has 0 aliphatic carbocycles. The van der Waals surface area contributed by atoms with E-state index >= 15 is 0 Å². The van der Waals surface area contributed by atoms with Crippen molar-refractivity contribution < 1.29 is 0 Å². The van der Waals surface area contributed by atoms with E-state index in [4.69, 9.17) is 0 Å². The van der Waals surface area contributed by atoms with Crippen LogP contribution in [0.3, 0.4) is 0 Å². The predicted octanol–water partition coefficient (Wildman–Crippen LogP) is 2.99. The minimum atomic E-state index is 0. The monoisotopic (exact) mass is 141 g/mol. The molecule has 0 aliphatic rings. The fourth-order valence-corrected chi connectivity index (χ4v) is 0.854. The maximum Gasteiger partial charge on any atom is 3.00 e. The third-order valence-corrected chi connectivity index (χ3v) is 1.46. The van der Waals surface area contributed by atoms with Gasteiger partial charge in [0.05, 0.1) is 0 Å². The molecule has 0 fully saturated rings. The van der Waals surface area contributed by atoms with Gasteiger partial charge in [0.15, 0.2) is 0 Å². The van der Waals surface area contributed by atoms with Crippen molar-refractivity contribution in [3.63, 3.8) is 0 Å². The van der Waals surface area contributed by atoms with Gasteiger partial charge in [-0.3, -0.25) is 0 Å². The van der Waals surface area contributed by atoms with Gasteiger partial charge in [-0.05, 0) is 0 Å². The Bertz CT molecular complexity index is 29.5. The van der Waals surface area contributed by atoms with Crippen LogP contribution in [0.25, 0.3) is 0 Å². The van der Waals surface area contributed by atoms with Crippen molar-refractivity contribution in [3.8, 4) is 0 Å². The van der Waals surface area contributed by atoms with Crippen molar-refractivity contribution >= 4 is 17.4 Å². The van der Waals surface area contributed by atoms with Crippen molar-refractivity contribution in [2.24, 2.45) is 0 Å². The molecule has 0 heterocycles. The number of hydrogen-bond donors (Lipinski definition) is 0. The van der Waals surface area contributed by atoms with E-state index in [1.165, 1.54) is 38.5 Å². The van der Waals surface area contributed by atoms with E-state index in [0.29, 0.717) is 0 Å². The van der Waals surface area contributed by atoms with Crippen molar-refractivity contribution in [1.29, 1.82) is 0 Å². The third kappa shape index (κ3) is 11.9. The summed E-state index contributed by atoms with van der Waals surface area (Å²) >= 11 is 0. The van der Waals surface area contributed by atoms with Crippen LogP contribution in [0.2, 0.25) is 0 Å². The van der Waals surface area contributed by atoms with Gasteiger partial charge in [0.1, 0.15) is 0 Å². The van der Waals surface area contributed by atoms with Crippen molar-refractivity contribution in [2.45, 2.75) is 52.4 Å². The average Bonchev–Trinajstić information content (AvgIpc) is 1.81. The maximum absolute atomic E-state index is 2.26. The zero-order valence-corrected chi connectivity index (χ0v) is 7.97. The first-order valence-electron chi connectivity index (χ1n) is 3.91. The summed E-state index contributed by atoms with van der Waals surface area (Å²) in [5, 5.41) is 0. The quantitative estimate of drug-likeness (QED) is 0.408. The van der Waals surface area contributed by atoms with E-state index in [-0.39, 0.29) is 17.4 Å². The molecular weight excluding hydrogens is 123 g/mol. The van der Waals surface area contributed by atoms with Crippen LogP contribution in [0, 0.1) is 0 Å². The summed E-state index contributed by atoms with van der Waals surface area (Å²) in [5.41, 5.74) is 0. The summed E-state index contributed by atoms with van der Waals surface area (Å²) in [6, 6.07) is 0. The molecule has 0 rings (SSSR count). The number of unbranched alkanes of at least 4 members (excludes halogenated alkanes) is 5. The van der Waals surface area contributed by atoms with Crippen LogP contribution in [0.4, 0.5) is 0 Å². The first-order valence-corrected chi connectivity index (χ1v) is 3.91. The Kier molecular flexibility index (Phi) is 15.4. The Hall–Kier alpha value is 0.532. The Labute approximate surface area is 70.2 Å². The van der Waals surface area contributed by atoms with E-state index in [1.807, 2.05) is 0 Å². The number of hydrogen-bond acceptors (Lipinski definition) is 0. The van der Waals surface area contributed by atoms with Gasteiger partial charge in [0.2, 0.25) is 0 Å². The van der Waals surface area contributed by atoms with Crippen LogP contribution in [0.1, 0.15) is 52.4 Å². The van der Waals surface area contributed by atoms with Gasteiger partial charge in [-0.15, -0.1) is 0 Å². The molecule has 0 aromatic rings.